The molecule has 5 heteroatoms. The molecule has 0 aromatic heterocycles. The summed E-state index contributed by atoms with van der Waals surface area (Å²) in [5.41, 5.74) is -0.120. The maximum absolute atomic E-state index is 12.7. The summed E-state index contributed by atoms with van der Waals surface area (Å²) in [4.78, 5) is 26.7. The molecule has 2 heterocycles. The van der Waals surface area contributed by atoms with Gasteiger partial charge in [0.2, 0.25) is 11.8 Å². The van der Waals surface area contributed by atoms with Crippen molar-refractivity contribution in [1.82, 2.24) is 10.2 Å². The normalized spacial score (nSPS) is 32.7. The Morgan fingerprint density at radius 3 is 2.52 bits per heavy atom. The number of carbonyl (C=O) groups is 2. The molecule has 0 spiro atoms. The number of ether oxygens (including phenoxy) is 1. The number of rotatable bonds is 4. The van der Waals surface area contributed by atoms with Crippen LogP contribution in [0.1, 0.15) is 53.9 Å². The van der Waals surface area contributed by atoms with E-state index in [1.807, 2.05) is 20.8 Å². The molecule has 0 radical (unpaired) electrons. The van der Waals surface area contributed by atoms with Crippen LogP contribution in [0.3, 0.4) is 0 Å². The Morgan fingerprint density at radius 2 is 2.05 bits per heavy atom. The summed E-state index contributed by atoms with van der Waals surface area (Å²) < 4.78 is 6.00. The highest BCUT2D eigenvalue weighted by Gasteiger charge is 2.43. The van der Waals surface area contributed by atoms with Crippen LogP contribution in [0.4, 0.5) is 0 Å². The Balaban J connectivity index is 2.12. The van der Waals surface area contributed by atoms with E-state index in [9.17, 15) is 9.59 Å². The molecule has 5 nitrogen and oxygen atoms in total. The third kappa shape index (κ3) is 3.39. The topological polar surface area (TPSA) is 58.6 Å². The lowest BCUT2D eigenvalue weighted by molar-refractivity contribution is -0.153. The van der Waals surface area contributed by atoms with Crippen molar-refractivity contribution in [3.05, 3.63) is 0 Å². The van der Waals surface area contributed by atoms with Gasteiger partial charge in [-0.3, -0.25) is 9.59 Å². The standard InChI is InChI=1S/C16H28N2O3/c1-6-12-14(19)17-13(10(2)3)15(20)18(12)9-11-7-8-16(4,5)21-11/h10-13H,6-9H2,1-5H3,(H,17,19). The number of hydrogen-bond donors (Lipinski definition) is 1. The number of carbonyl (C=O) groups excluding carboxylic acids is 2. The van der Waals surface area contributed by atoms with E-state index in [-0.39, 0.29) is 35.5 Å². The van der Waals surface area contributed by atoms with Gasteiger partial charge in [0.25, 0.3) is 0 Å². The summed E-state index contributed by atoms with van der Waals surface area (Å²) in [5, 5.41) is 2.87. The monoisotopic (exact) mass is 296 g/mol. The summed E-state index contributed by atoms with van der Waals surface area (Å²) in [6, 6.07) is -0.769. The molecule has 3 atom stereocenters. The molecule has 0 aliphatic carbocycles. The summed E-state index contributed by atoms with van der Waals surface area (Å²) >= 11 is 0. The van der Waals surface area contributed by atoms with E-state index >= 15 is 0 Å². The van der Waals surface area contributed by atoms with Crippen LogP contribution < -0.4 is 5.32 Å². The second-order valence-corrected chi connectivity index (χ2v) is 7.18. The Labute approximate surface area is 127 Å². The Morgan fingerprint density at radius 1 is 1.38 bits per heavy atom. The quantitative estimate of drug-likeness (QED) is 0.859. The summed E-state index contributed by atoms with van der Waals surface area (Å²) in [5.74, 6) is 0.0977. The minimum atomic E-state index is -0.408. The van der Waals surface area contributed by atoms with Gasteiger partial charge in [0.1, 0.15) is 12.1 Å². The van der Waals surface area contributed by atoms with Crippen molar-refractivity contribution in [2.24, 2.45) is 5.92 Å². The Bertz CT molecular complexity index is 420. The van der Waals surface area contributed by atoms with Gasteiger partial charge < -0.3 is 15.0 Å². The van der Waals surface area contributed by atoms with Crippen molar-refractivity contribution in [2.45, 2.75) is 77.7 Å². The van der Waals surface area contributed by atoms with Gasteiger partial charge in [0, 0.05) is 6.54 Å². The first-order valence-electron chi connectivity index (χ1n) is 8.04. The summed E-state index contributed by atoms with van der Waals surface area (Å²) in [7, 11) is 0. The van der Waals surface area contributed by atoms with Gasteiger partial charge in [0.05, 0.1) is 11.7 Å². The van der Waals surface area contributed by atoms with Gasteiger partial charge in [0.15, 0.2) is 0 Å². The molecule has 2 amide bonds. The Kier molecular flexibility index (Phi) is 4.61. The average Bonchev–Trinajstić information content (AvgIpc) is 2.73. The third-order valence-electron chi connectivity index (χ3n) is 4.53. The zero-order valence-corrected chi connectivity index (χ0v) is 13.8. The lowest BCUT2D eigenvalue weighted by atomic mass is 9.96. The molecular weight excluding hydrogens is 268 g/mol. The molecule has 0 aromatic carbocycles. The lowest BCUT2D eigenvalue weighted by Crippen LogP contribution is -2.65. The predicted molar refractivity (Wildman–Crippen MR) is 80.7 cm³/mol. The minimum Gasteiger partial charge on any atom is -0.371 e. The number of hydrogen-bond acceptors (Lipinski definition) is 3. The van der Waals surface area contributed by atoms with Gasteiger partial charge in [-0.25, -0.2) is 0 Å². The zero-order valence-electron chi connectivity index (χ0n) is 13.8. The van der Waals surface area contributed by atoms with E-state index in [0.29, 0.717) is 13.0 Å². The van der Waals surface area contributed by atoms with Gasteiger partial charge in [-0.05, 0) is 39.0 Å². The highest BCUT2D eigenvalue weighted by Crippen LogP contribution is 2.31. The summed E-state index contributed by atoms with van der Waals surface area (Å²) in [6.07, 6.45) is 2.62. The number of nitrogens with one attached hydrogen (secondary N) is 1. The van der Waals surface area contributed by atoms with Crippen LogP contribution in [-0.2, 0) is 14.3 Å². The maximum atomic E-state index is 12.7. The van der Waals surface area contributed by atoms with Crippen molar-refractivity contribution in [2.75, 3.05) is 6.54 Å². The Hall–Kier alpha value is -1.10. The first kappa shape index (κ1) is 16.3. The van der Waals surface area contributed by atoms with Crippen molar-refractivity contribution in [3.8, 4) is 0 Å². The highest BCUT2D eigenvalue weighted by atomic mass is 16.5. The SMILES string of the molecule is CCC1C(=O)NC(C(C)C)C(=O)N1CC1CCC(C)(C)O1. The highest BCUT2D eigenvalue weighted by molar-refractivity contribution is 5.97. The molecule has 2 fully saturated rings. The van der Waals surface area contributed by atoms with Crippen molar-refractivity contribution in [3.63, 3.8) is 0 Å². The minimum absolute atomic E-state index is 0.0322. The van der Waals surface area contributed by atoms with Crippen LogP contribution >= 0.6 is 0 Å². The van der Waals surface area contributed by atoms with Gasteiger partial charge in [-0.1, -0.05) is 20.8 Å². The molecule has 1 N–H and O–H groups in total. The van der Waals surface area contributed by atoms with Crippen LogP contribution in [-0.4, -0.2) is 47.0 Å². The summed E-state index contributed by atoms with van der Waals surface area (Å²) in [6.45, 7) is 10.5. The van der Waals surface area contributed by atoms with Crippen molar-refractivity contribution in [1.29, 1.82) is 0 Å². The van der Waals surface area contributed by atoms with Gasteiger partial charge in [-0.2, -0.15) is 0 Å². The van der Waals surface area contributed by atoms with Crippen LogP contribution in [0.5, 0.6) is 0 Å². The molecule has 2 saturated heterocycles. The van der Waals surface area contributed by atoms with Crippen molar-refractivity contribution >= 4 is 11.8 Å². The lowest BCUT2D eigenvalue weighted by Gasteiger charge is -2.41. The number of amides is 2. The fourth-order valence-corrected chi connectivity index (χ4v) is 3.29. The number of nitrogens with zero attached hydrogens (tertiary/aromatic N) is 1. The molecular formula is C16H28N2O3. The maximum Gasteiger partial charge on any atom is 0.246 e. The van der Waals surface area contributed by atoms with Gasteiger partial charge in [-0.15, -0.1) is 0 Å². The van der Waals surface area contributed by atoms with E-state index < -0.39 is 6.04 Å². The van der Waals surface area contributed by atoms with Crippen LogP contribution in [0, 0.1) is 5.92 Å². The molecule has 2 rings (SSSR count). The predicted octanol–water partition coefficient (Wildman–Crippen LogP) is 1.71. The third-order valence-corrected chi connectivity index (χ3v) is 4.53. The largest absolute Gasteiger partial charge is 0.371 e. The average molecular weight is 296 g/mol. The zero-order chi connectivity index (χ0) is 15.8. The van der Waals surface area contributed by atoms with E-state index in [1.54, 1.807) is 4.90 Å². The molecule has 0 aromatic rings. The molecule has 2 aliphatic rings. The van der Waals surface area contributed by atoms with Crippen LogP contribution in [0.2, 0.25) is 0 Å². The number of piperazine rings is 1. The van der Waals surface area contributed by atoms with Crippen LogP contribution in [0.25, 0.3) is 0 Å². The second kappa shape index (κ2) is 5.95. The van der Waals surface area contributed by atoms with E-state index in [2.05, 4.69) is 19.2 Å². The van der Waals surface area contributed by atoms with E-state index in [0.717, 1.165) is 12.8 Å². The van der Waals surface area contributed by atoms with E-state index in [1.165, 1.54) is 0 Å². The molecule has 0 bridgehead atoms. The molecule has 120 valence electrons. The van der Waals surface area contributed by atoms with Crippen LogP contribution in [0.15, 0.2) is 0 Å². The fraction of sp³-hybridized carbons (Fsp3) is 0.875. The smallest absolute Gasteiger partial charge is 0.246 e. The second-order valence-electron chi connectivity index (χ2n) is 7.18. The molecule has 0 saturated carbocycles. The fourth-order valence-electron chi connectivity index (χ4n) is 3.29. The van der Waals surface area contributed by atoms with Gasteiger partial charge >= 0.3 is 0 Å². The van der Waals surface area contributed by atoms with Crippen molar-refractivity contribution < 1.29 is 14.3 Å². The molecule has 21 heavy (non-hydrogen) atoms. The molecule has 3 unspecified atom stereocenters. The first-order valence-corrected chi connectivity index (χ1v) is 8.04. The first-order chi connectivity index (χ1) is 9.75. The molecule has 2 aliphatic heterocycles. The van der Waals surface area contributed by atoms with E-state index in [4.69, 9.17) is 4.74 Å².